The van der Waals surface area contributed by atoms with Gasteiger partial charge in [-0.05, 0) is 35.7 Å². The van der Waals surface area contributed by atoms with Crippen molar-refractivity contribution < 1.29 is 19.0 Å². The Kier molecular flexibility index (Phi) is 7.16. The fraction of sp³-hybridized carbons (Fsp3) is 0.429. The van der Waals surface area contributed by atoms with Crippen LogP contribution in [-0.4, -0.2) is 66.2 Å². The van der Waals surface area contributed by atoms with Gasteiger partial charge in [0.05, 0.1) is 12.1 Å². The number of amides is 1. The second kappa shape index (κ2) is 10.6. The Bertz CT molecular complexity index is 1180. The fourth-order valence-corrected chi connectivity index (χ4v) is 4.82. The van der Waals surface area contributed by atoms with Crippen LogP contribution in [0.3, 0.4) is 0 Å². The number of pyridine rings is 1. The minimum absolute atomic E-state index is 0.0457. The van der Waals surface area contributed by atoms with Crippen LogP contribution >= 0.6 is 0 Å². The van der Waals surface area contributed by atoms with E-state index in [9.17, 15) is 4.79 Å². The van der Waals surface area contributed by atoms with Crippen molar-refractivity contribution >= 4 is 16.8 Å². The number of ether oxygens (including phenoxy) is 3. The second-order valence-electron chi connectivity index (χ2n) is 9.68. The average Bonchev–Trinajstić information content (AvgIpc) is 2.88. The predicted molar refractivity (Wildman–Crippen MR) is 134 cm³/mol. The molecule has 0 radical (unpaired) electrons. The van der Waals surface area contributed by atoms with E-state index < -0.39 is 6.10 Å². The molecular weight excluding hydrogens is 442 g/mol. The molecule has 1 saturated heterocycles. The maximum absolute atomic E-state index is 13.6. The van der Waals surface area contributed by atoms with Crippen LogP contribution in [0.25, 0.3) is 10.9 Å². The van der Waals surface area contributed by atoms with Crippen molar-refractivity contribution in [2.45, 2.75) is 33.0 Å². The van der Waals surface area contributed by atoms with E-state index in [2.05, 4.69) is 48.0 Å². The highest BCUT2D eigenvalue weighted by molar-refractivity contribution is 5.82. The van der Waals surface area contributed by atoms with E-state index in [-0.39, 0.29) is 5.91 Å². The van der Waals surface area contributed by atoms with E-state index in [0.717, 1.165) is 40.1 Å². The van der Waals surface area contributed by atoms with Gasteiger partial charge < -0.3 is 19.1 Å². The van der Waals surface area contributed by atoms with Crippen LogP contribution in [0.15, 0.2) is 54.7 Å². The Morgan fingerprint density at radius 2 is 2.00 bits per heavy atom. The summed E-state index contributed by atoms with van der Waals surface area (Å²) in [6.45, 7) is 9.20. The highest BCUT2D eigenvalue weighted by atomic mass is 16.6. The standard InChI is InChI=1S/C28H33N3O4/c1-20(2)16-31(17-21-8-9-24-22(15-21)6-4-10-29-24)28(32)26-19-30(11-12-33-26)18-23-5-3-7-25-27(23)35-14-13-34-25/h3-10,15,20,26H,11-14,16-19H2,1-2H3/t26-/m1/s1. The number of carbonyl (C=O) groups is 1. The molecule has 0 unspecified atom stereocenters. The van der Waals surface area contributed by atoms with Crippen molar-refractivity contribution in [2.75, 3.05) is 39.5 Å². The van der Waals surface area contributed by atoms with Gasteiger partial charge in [-0.2, -0.15) is 0 Å². The summed E-state index contributed by atoms with van der Waals surface area (Å²) in [5.41, 5.74) is 3.14. The lowest BCUT2D eigenvalue weighted by Crippen LogP contribution is -2.51. The molecule has 184 valence electrons. The first kappa shape index (κ1) is 23.6. The summed E-state index contributed by atoms with van der Waals surface area (Å²) in [7, 11) is 0. The lowest BCUT2D eigenvalue weighted by atomic mass is 10.1. The average molecular weight is 476 g/mol. The number of nitrogens with zero attached hydrogens (tertiary/aromatic N) is 3. The van der Waals surface area contributed by atoms with Gasteiger partial charge in [0.1, 0.15) is 19.3 Å². The number of rotatable bonds is 7. The number of morpholine rings is 1. The monoisotopic (exact) mass is 475 g/mol. The molecule has 0 N–H and O–H groups in total. The van der Waals surface area contributed by atoms with E-state index in [4.69, 9.17) is 14.2 Å². The maximum Gasteiger partial charge on any atom is 0.253 e. The number of hydrogen-bond acceptors (Lipinski definition) is 6. The number of aromatic nitrogens is 1. The SMILES string of the molecule is CC(C)CN(Cc1ccc2ncccc2c1)C(=O)[C@H]1CN(Cc2cccc3c2OCCO3)CCO1. The zero-order chi connectivity index (χ0) is 24.2. The van der Waals surface area contributed by atoms with E-state index >= 15 is 0 Å². The smallest absolute Gasteiger partial charge is 0.253 e. The molecule has 2 aromatic carbocycles. The molecule has 1 fully saturated rings. The summed E-state index contributed by atoms with van der Waals surface area (Å²) in [5.74, 6) is 2.02. The summed E-state index contributed by atoms with van der Waals surface area (Å²) < 4.78 is 17.6. The Hall–Kier alpha value is -3.16. The van der Waals surface area contributed by atoms with Crippen LogP contribution in [0.5, 0.6) is 11.5 Å². The van der Waals surface area contributed by atoms with Crippen molar-refractivity contribution in [2.24, 2.45) is 5.92 Å². The fourth-order valence-electron chi connectivity index (χ4n) is 4.82. The minimum Gasteiger partial charge on any atom is -0.486 e. The van der Waals surface area contributed by atoms with Gasteiger partial charge in [-0.3, -0.25) is 14.7 Å². The van der Waals surface area contributed by atoms with E-state index in [1.807, 2.05) is 29.2 Å². The quantitative estimate of drug-likeness (QED) is 0.517. The van der Waals surface area contributed by atoms with E-state index in [1.165, 1.54) is 0 Å². The Morgan fingerprint density at radius 3 is 2.89 bits per heavy atom. The van der Waals surface area contributed by atoms with Crippen LogP contribution in [0.4, 0.5) is 0 Å². The van der Waals surface area contributed by atoms with Crippen LogP contribution in [0, 0.1) is 5.92 Å². The Balaban J connectivity index is 1.29. The molecule has 1 aromatic heterocycles. The molecule has 0 saturated carbocycles. The van der Waals surface area contributed by atoms with Gasteiger partial charge in [0, 0.05) is 49.9 Å². The van der Waals surface area contributed by atoms with Crippen molar-refractivity contribution in [3.8, 4) is 11.5 Å². The second-order valence-corrected chi connectivity index (χ2v) is 9.68. The van der Waals surface area contributed by atoms with Crippen LogP contribution in [-0.2, 0) is 22.6 Å². The molecule has 2 aliphatic rings. The zero-order valence-corrected chi connectivity index (χ0v) is 20.5. The highest BCUT2D eigenvalue weighted by Gasteiger charge is 2.31. The lowest BCUT2D eigenvalue weighted by molar-refractivity contribution is -0.151. The number of hydrogen-bond donors (Lipinski definition) is 0. The molecule has 1 amide bonds. The summed E-state index contributed by atoms with van der Waals surface area (Å²) in [6.07, 6.45) is 1.31. The third-order valence-electron chi connectivity index (χ3n) is 6.41. The molecule has 7 heteroatoms. The molecule has 5 rings (SSSR count). The maximum atomic E-state index is 13.6. The topological polar surface area (TPSA) is 64.1 Å². The molecule has 1 atom stereocenters. The zero-order valence-electron chi connectivity index (χ0n) is 20.5. The van der Waals surface area contributed by atoms with Gasteiger partial charge in [-0.25, -0.2) is 0 Å². The molecular formula is C28H33N3O4. The lowest BCUT2D eigenvalue weighted by Gasteiger charge is -2.36. The molecule has 3 heterocycles. The molecule has 2 aliphatic heterocycles. The number of carbonyl (C=O) groups excluding carboxylic acids is 1. The molecule has 0 aliphatic carbocycles. The van der Waals surface area contributed by atoms with Crippen molar-refractivity contribution in [1.82, 2.24) is 14.8 Å². The summed E-state index contributed by atoms with van der Waals surface area (Å²) in [6, 6.07) is 16.2. The molecule has 0 spiro atoms. The first-order valence-corrected chi connectivity index (χ1v) is 12.4. The number of benzene rings is 2. The first-order valence-electron chi connectivity index (χ1n) is 12.4. The van der Waals surface area contributed by atoms with Crippen molar-refractivity contribution in [3.05, 3.63) is 65.9 Å². The molecule has 0 bridgehead atoms. The molecule has 3 aromatic rings. The van der Waals surface area contributed by atoms with Gasteiger partial charge in [-0.1, -0.05) is 38.1 Å². The third-order valence-corrected chi connectivity index (χ3v) is 6.41. The predicted octanol–water partition coefficient (Wildman–Crippen LogP) is 3.89. The van der Waals surface area contributed by atoms with Crippen LogP contribution in [0.1, 0.15) is 25.0 Å². The van der Waals surface area contributed by atoms with E-state index in [0.29, 0.717) is 51.9 Å². The molecule has 7 nitrogen and oxygen atoms in total. The highest BCUT2D eigenvalue weighted by Crippen LogP contribution is 2.34. The third kappa shape index (κ3) is 5.57. The largest absolute Gasteiger partial charge is 0.486 e. The van der Waals surface area contributed by atoms with Crippen molar-refractivity contribution in [1.29, 1.82) is 0 Å². The molecule has 35 heavy (non-hydrogen) atoms. The van der Waals surface area contributed by atoms with Crippen LogP contribution in [0.2, 0.25) is 0 Å². The van der Waals surface area contributed by atoms with Gasteiger partial charge in [0.2, 0.25) is 0 Å². The van der Waals surface area contributed by atoms with Crippen LogP contribution < -0.4 is 9.47 Å². The van der Waals surface area contributed by atoms with Gasteiger partial charge in [-0.15, -0.1) is 0 Å². The number of para-hydroxylation sites is 1. The van der Waals surface area contributed by atoms with Gasteiger partial charge >= 0.3 is 0 Å². The normalized spacial score (nSPS) is 18.1. The summed E-state index contributed by atoms with van der Waals surface area (Å²) in [4.78, 5) is 22.3. The summed E-state index contributed by atoms with van der Waals surface area (Å²) >= 11 is 0. The first-order chi connectivity index (χ1) is 17.1. The van der Waals surface area contributed by atoms with Gasteiger partial charge in [0.15, 0.2) is 11.5 Å². The Morgan fingerprint density at radius 1 is 1.11 bits per heavy atom. The van der Waals surface area contributed by atoms with E-state index in [1.54, 1.807) is 6.20 Å². The number of fused-ring (bicyclic) bond motifs is 2. The minimum atomic E-state index is -0.485. The Labute approximate surface area is 206 Å². The summed E-state index contributed by atoms with van der Waals surface area (Å²) in [5, 5.41) is 1.08. The van der Waals surface area contributed by atoms with Crippen molar-refractivity contribution in [3.63, 3.8) is 0 Å². The van der Waals surface area contributed by atoms with Gasteiger partial charge in [0.25, 0.3) is 5.91 Å².